The van der Waals surface area contributed by atoms with Crippen LogP contribution in [-0.4, -0.2) is 50.7 Å². The van der Waals surface area contributed by atoms with Crippen LogP contribution >= 0.6 is 0 Å². The van der Waals surface area contributed by atoms with E-state index in [1.165, 1.54) is 19.3 Å². The fourth-order valence-corrected chi connectivity index (χ4v) is 4.85. The number of fused-ring (bicyclic) bond motifs is 1. The van der Waals surface area contributed by atoms with Crippen molar-refractivity contribution in [3.63, 3.8) is 0 Å². The first-order chi connectivity index (χ1) is 14.1. The van der Waals surface area contributed by atoms with Crippen LogP contribution in [0.25, 0.3) is 11.8 Å². The van der Waals surface area contributed by atoms with Gasteiger partial charge < -0.3 is 9.64 Å². The van der Waals surface area contributed by atoms with Crippen LogP contribution in [0.3, 0.4) is 0 Å². The molecule has 1 amide bonds. The molecule has 0 spiro atoms. The molecule has 0 N–H and O–H groups in total. The normalized spacial score (nSPS) is 24.9. The maximum atomic E-state index is 13.8. The molecule has 3 unspecified atom stereocenters. The van der Waals surface area contributed by atoms with Gasteiger partial charge in [0.2, 0.25) is 0 Å². The van der Waals surface area contributed by atoms with Crippen molar-refractivity contribution in [3.05, 3.63) is 35.7 Å². The predicted octanol–water partition coefficient (Wildman–Crippen LogP) is 3.42. The van der Waals surface area contributed by atoms with Gasteiger partial charge in [-0.3, -0.25) is 4.79 Å². The van der Waals surface area contributed by atoms with E-state index in [0.717, 1.165) is 36.6 Å². The smallest absolute Gasteiger partial charge is 0.272 e. The summed E-state index contributed by atoms with van der Waals surface area (Å²) in [5, 5.41) is 11.9. The molecule has 2 heterocycles. The number of hydrogen-bond acceptors (Lipinski definition) is 5. The number of carbonyl (C=O) groups is 1. The molecule has 0 radical (unpaired) electrons. The number of rotatable bonds is 4. The first kappa shape index (κ1) is 19.6. The van der Waals surface area contributed by atoms with Crippen molar-refractivity contribution in [1.29, 1.82) is 0 Å². The number of methoxy groups -OCH3 is 1. The Hall–Kier alpha value is -2.70. The topological polar surface area (TPSA) is 73.1 Å². The largest absolute Gasteiger partial charge is 0.497 e. The summed E-state index contributed by atoms with van der Waals surface area (Å²) in [6.07, 6.45) is 7.62. The first-order valence-electron chi connectivity index (χ1n) is 10.5. The van der Waals surface area contributed by atoms with E-state index in [0.29, 0.717) is 23.5 Å². The summed E-state index contributed by atoms with van der Waals surface area (Å²) < 4.78 is 6.89. The maximum Gasteiger partial charge on any atom is 0.272 e. The zero-order chi connectivity index (χ0) is 20.4. The summed E-state index contributed by atoms with van der Waals surface area (Å²) in [5.41, 5.74) is 1.37. The van der Waals surface area contributed by atoms with Gasteiger partial charge in [-0.2, -0.15) is 4.68 Å². The van der Waals surface area contributed by atoms with Gasteiger partial charge in [0, 0.05) is 12.6 Å². The number of nitrogens with zero attached hydrogens (tertiary/aromatic N) is 5. The minimum absolute atomic E-state index is 0.00692. The lowest BCUT2D eigenvalue weighted by molar-refractivity contribution is -0.132. The van der Waals surface area contributed by atoms with Crippen LogP contribution in [0.5, 0.6) is 5.75 Å². The molecule has 2 aromatic rings. The van der Waals surface area contributed by atoms with Crippen LogP contribution in [-0.2, 0) is 4.79 Å². The van der Waals surface area contributed by atoms with E-state index in [4.69, 9.17) is 4.74 Å². The van der Waals surface area contributed by atoms with E-state index in [2.05, 4.69) is 27.3 Å². The average Bonchev–Trinajstić information content (AvgIpc) is 3.16. The Bertz CT molecular complexity index is 906. The van der Waals surface area contributed by atoms with Gasteiger partial charge in [0.25, 0.3) is 5.91 Å². The molecule has 29 heavy (non-hydrogen) atoms. The molecule has 3 atom stereocenters. The van der Waals surface area contributed by atoms with E-state index in [9.17, 15) is 4.79 Å². The second-order valence-corrected chi connectivity index (χ2v) is 8.33. The molecular weight excluding hydrogens is 366 g/mol. The van der Waals surface area contributed by atoms with Gasteiger partial charge in [-0.1, -0.05) is 19.1 Å². The molecule has 1 aliphatic carbocycles. The molecule has 7 nitrogen and oxygen atoms in total. The van der Waals surface area contributed by atoms with Crippen LogP contribution in [0.15, 0.2) is 24.3 Å². The third-order valence-corrected chi connectivity index (χ3v) is 6.31. The minimum atomic E-state index is 0.00692. The van der Waals surface area contributed by atoms with Crippen molar-refractivity contribution >= 4 is 17.7 Å². The van der Waals surface area contributed by atoms with Gasteiger partial charge in [-0.25, -0.2) is 0 Å². The third-order valence-electron chi connectivity index (χ3n) is 6.31. The van der Waals surface area contributed by atoms with Crippen LogP contribution < -0.4 is 4.74 Å². The summed E-state index contributed by atoms with van der Waals surface area (Å²) >= 11 is 0. The summed E-state index contributed by atoms with van der Waals surface area (Å²) in [4.78, 5) is 15.8. The highest BCUT2D eigenvalue weighted by Crippen LogP contribution is 2.38. The van der Waals surface area contributed by atoms with Crippen molar-refractivity contribution in [2.75, 3.05) is 13.7 Å². The van der Waals surface area contributed by atoms with Crippen molar-refractivity contribution in [2.24, 2.45) is 11.8 Å². The zero-order valence-electron chi connectivity index (χ0n) is 17.4. The summed E-state index contributed by atoms with van der Waals surface area (Å²) in [6, 6.07) is 7.99. The molecule has 4 rings (SSSR count). The molecule has 2 fully saturated rings. The highest BCUT2D eigenvalue weighted by Gasteiger charge is 2.39. The van der Waals surface area contributed by atoms with Gasteiger partial charge in [-0.05, 0) is 85.1 Å². The van der Waals surface area contributed by atoms with E-state index < -0.39 is 0 Å². The van der Waals surface area contributed by atoms with Gasteiger partial charge in [0.05, 0.1) is 7.11 Å². The molecule has 1 aliphatic heterocycles. The van der Waals surface area contributed by atoms with Crippen molar-refractivity contribution in [3.8, 4) is 5.75 Å². The number of aryl methyl sites for hydroxylation is 1. The second kappa shape index (κ2) is 8.35. The number of likely N-dealkylation sites (tertiary alicyclic amines) is 1. The Morgan fingerprint density at radius 1 is 1.28 bits per heavy atom. The quantitative estimate of drug-likeness (QED) is 0.742. The first-order valence-corrected chi connectivity index (χ1v) is 10.5. The number of carbonyl (C=O) groups excluding carboxylic acids is 1. The fourth-order valence-electron chi connectivity index (χ4n) is 4.85. The molecule has 1 aromatic carbocycles. The van der Waals surface area contributed by atoms with Crippen LogP contribution in [0.4, 0.5) is 0 Å². The molecule has 1 aromatic heterocycles. The molecule has 1 saturated carbocycles. The van der Waals surface area contributed by atoms with Crippen LogP contribution in [0.2, 0.25) is 0 Å². The fraction of sp³-hybridized carbons (Fsp3) is 0.545. The van der Waals surface area contributed by atoms with E-state index in [1.54, 1.807) is 11.8 Å². The molecule has 7 heteroatoms. The number of hydrogen-bond donors (Lipinski definition) is 0. The number of benzene rings is 1. The molecule has 1 saturated heterocycles. The average molecular weight is 396 g/mol. The van der Waals surface area contributed by atoms with Crippen molar-refractivity contribution in [2.45, 2.75) is 52.0 Å². The summed E-state index contributed by atoms with van der Waals surface area (Å²) in [5.74, 6) is 2.70. The lowest BCUT2D eigenvalue weighted by atomic mass is 9.74. The van der Waals surface area contributed by atoms with Crippen LogP contribution in [0, 0.1) is 18.8 Å². The van der Waals surface area contributed by atoms with Gasteiger partial charge in [0.1, 0.15) is 11.4 Å². The van der Waals surface area contributed by atoms with E-state index in [-0.39, 0.29) is 5.91 Å². The summed E-state index contributed by atoms with van der Waals surface area (Å²) in [6.45, 7) is 4.94. The highest BCUT2D eigenvalue weighted by atomic mass is 16.5. The maximum absolute atomic E-state index is 13.8. The molecule has 154 valence electrons. The Kier molecular flexibility index (Phi) is 5.65. The lowest BCUT2D eigenvalue weighted by Crippen LogP contribution is -2.51. The Morgan fingerprint density at radius 2 is 2.14 bits per heavy atom. The second-order valence-electron chi connectivity index (χ2n) is 8.33. The lowest BCUT2D eigenvalue weighted by Gasteiger charge is -2.45. The van der Waals surface area contributed by atoms with Gasteiger partial charge in [0.15, 0.2) is 5.82 Å². The van der Waals surface area contributed by atoms with Gasteiger partial charge in [-0.15, -0.1) is 5.10 Å². The third kappa shape index (κ3) is 4.04. The predicted molar refractivity (Wildman–Crippen MR) is 111 cm³/mol. The summed E-state index contributed by atoms with van der Waals surface area (Å²) in [7, 11) is 1.64. The number of piperidine rings is 1. The number of aromatic nitrogens is 4. The monoisotopic (exact) mass is 395 g/mol. The number of ether oxygens (including phenoxy) is 1. The van der Waals surface area contributed by atoms with Crippen molar-refractivity contribution in [1.82, 2.24) is 25.1 Å². The van der Waals surface area contributed by atoms with E-state index >= 15 is 0 Å². The molecule has 2 aliphatic rings. The SMILES string of the molecule is COc1cccc(C=C(C(=O)N2CCCC3CC(C)CCC32)n2nnnc2C)c1. The number of tetrazole rings is 1. The van der Waals surface area contributed by atoms with Gasteiger partial charge >= 0.3 is 0 Å². The standard InChI is InChI=1S/C22H29N5O2/c1-15-9-10-20-18(12-15)7-5-11-26(20)22(28)21(27-16(2)23-24-25-27)14-17-6-4-8-19(13-17)29-3/h4,6,8,13-15,18,20H,5,7,9-12H2,1-3H3. The minimum Gasteiger partial charge on any atom is -0.497 e. The Morgan fingerprint density at radius 3 is 2.90 bits per heavy atom. The number of amides is 1. The Labute approximate surface area is 171 Å². The van der Waals surface area contributed by atoms with E-state index in [1.807, 2.05) is 37.3 Å². The van der Waals surface area contributed by atoms with Crippen molar-refractivity contribution < 1.29 is 9.53 Å². The molecule has 0 bridgehead atoms. The highest BCUT2D eigenvalue weighted by molar-refractivity contribution is 6.18. The van der Waals surface area contributed by atoms with Crippen LogP contribution in [0.1, 0.15) is 50.4 Å². The Balaban J connectivity index is 1.70. The molecular formula is C22H29N5O2. The zero-order valence-corrected chi connectivity index (χ0v) is 17.4.